The molecule has 4 aromatic carbocycles. The van der Waals surface area contributed by atoms with Gasteiger partial charge in [-0.05, 0) is 126 Å². The zero-order valence-electron chi connectivity index (χ0n) is 48.5. The Bertz CT molecular complexity index is 2830. The predicted octanol–water partition coefficient (Wildman–Crippen LogP) is 1.16. The molecular weight excluding hydrogens is 1060 g/mol. The third-order valence-electron chi connectivity index (χ3n) is 14.4. The van der Waals surface area contributed by atoms with Gasteiger partial charge in [0, 0.05) is 39.3 Å². The molecular formula is C61H85N13O9. The van der Waals surface area contributed by atoms with Gasteiger partial charge in [0.2, 0.25) is 47.3 Å². The summed E-state index contributed by atoms with van der Waals surface area (Å²) in [5, 5.41) is 33.2. The molecule has 0 aromatic heterocycles. The van der Waals surface area contributed by atoms with Crippen LogP contribution in [0, 0.1) is 6.92 Å². The van der Waals surface area contributed by atoms with Crippen LogP contribution in [0.3, 0.4) is 0 Å². The van der Waals surface area contributed by atoms with E-state index in [0.29, 0.717) is 55.5 Å². The van der Waals surface area contributed by atoms with Crippen LogP contribution in [0.25, 0.3) is 10.8 Å². The van der Waals surface area contributed by atoms with Crippen LogP contribution < -0.4 is 64.2 Å². The SMILES string of the molecule is CN=C(N)NCCC[C@H]1NC(=O)[C@H](CCCCNC)NC(=O)[C@H](Cc2ccc(C)cc2)NC(=O)[C@H](Cc2ccccc2)NC(=O)CC[C@H](C(=O)N[C@@H](CCCCNC)C(C)=O)NC(=O)CNC(=O)[C@H](Cc2ccc3ccccc3c2)NC1=O. The molecule has 22 heteroatoms. The molecule has 5 rings (SSSR count). The molecule has 448 valence electrons. The average Bonchev–Trinajstić information content (AvgIpc) is 3.60. The molecule has 0 aliphatic carbocycles. The summed E-state index contributed by atoms with van der Waals surface area (Å²) in [6.45, 7) is 4.13. The maximum atomic E-state index is 14.8. The highest BCUT2D eigenvalue weighted by atomic mass is 16.2. The lowest BCUT2D eigenvalue weighted by Gasteiger charge is -2.27. The number of fused-ring (bicyclic) bond motifs is 1. The van der Waals surface area contributed by atoms with Gasteiger partial charge in [-0.1, -0.05) is 103 Å². The quantitative estimate of drug-likeness (QED) is 0.0282. The standard InChI is InChI=1S/C61H85N13O9/c1-39-23-25-42(26-24-39)36-52-60(83)72-47(21-12-14-32-64-4)56(79)71-48(22-15-33-66-61(62)65-5)57(80)73-50(37-43-27-28-44-18-9-10-19-45(44)34-43)55(78)67-38-54(77)68-49(58(81)70-46(40(2)75)20-11-13-31-63-3)29-30-53(76)69-51(59(82)74-52)35-41-16-7-6-8-17-41/h6-10,16-19,23-28,34,46-52,63-64H,11-15,20-22,29-33,35-38H2,1-5H3,(H,67,78)(H,68,77)(H,69,76)(H,70,81)(H,71,79)(H,72,83)(H,73,80)(H,74,82)(H3,62,65,66)/t46-,47-,48+,49+,50-,51-,52-/m0/s1. The van der Waals surface area contributed by atoms with Crippen LogP contribution in [0.15, 0.2) is 102 Å². The molecule has 83 heavy (non-hydrogen) atoms. The summed E-state index contributed by atoms with van der Waals surface area (Å²) >= 11 is 0. The number of guanidine groups is 1. The van der Waals surface area contributed by atoms with Gasteiger partial charge >= 0.3 is 0 Å². The number of ketones is 1. The van der Waals surface area contributed by atoms with Crippen molar-refractivity contribution in [2.24, 2.45) is 10.7 Å². The van der Waals surface area contributed by atoms with E-state index in [0.717, 1.165) is 22.8 Å². The van der Waals surface area contributed by atoms with E-state index < -0.39 is 103 Å². The second-order valence-corrected chi connectivity index (χ2v) is 21.1. The molecule has 22 nitrogen and oxygen atoms in total. The first-order chi connectivity index (χ1) is 40.0. The van der Waals surface area contributed by atoms with Crippen LogP contribution in [0.5, 0.6) is 0 Å². The number of aryl methyl sites for hydroxylation is 1. The van der Waals surface area contributed by atoms with E-state index in [-0.39, 0.29) is 63.2 Å². The second-order valence-electron chi connectivity index (χ2n) is 21.1. The van der Waals surface area contributed by atoms with Gasteiger partial charge in [0.05, 0.1) is 12.6 Å². The highest BCUT2D eigenvalue weighted by Crippen LogP contribution is 2.18. The molecule has 1 heterocycles. The van der Waals surface area contributed by atoms with Crippen LogP contribution in [0.1, 0.15) is 93.4 Å². The van der Waals surface area contributed by atoms with E-state index in [1.165, 1.54) is 14.0 Å². The lowest BCUT2D eigenvalue weighted by Crippen LogP contribution is -2.60. The van der Waals surface area contributed by atoms with E-state index in [9.17, 15) is 43.2 Å². The number of unbranched alkanes of at least 4 members (excludes halogenated alkanes) is 2. The van der Waals surface area contributed by atoms with Crippen LogP contribution >= 0.6 is 0 Å². The number of nitrogens with one attached hydrogen (secondary N) is 11. The van der Waals surface area contributed by atoms with Gasteiger partial charge in [-0.15, -0.1) is 0 Å². The van der Waals surface area contributed by atoms with Crippen molar-refractivity contribution in [3.63, 3.8) is 0 Å². The molecule has 1 saturated heterocycles. The van der Waals surface area contributed by atoms with Crippen molar-refractivity contribution in [1.29, 1.82) is 0 Å². The fourth-order valence-electron chi connectivity index (χ4n) is 9.56. The number of carbonyl (C=O) groups excluding carboxylic acids is 9. The minimum atomic E-state index is -1.41. The van der Waals surface area contributed by atoms with Gasteiger partial charge in [0.15, 0.2) is 11.7 Å². The number of carbonyl (C=O) groups is 9. The van der Waals surface area contributed by atoms with E-state index in [1.807, 2.05) is 73.7 Å². The molecule has 1 aliphatic heterocycles. The number of aliphatic imine (C=N–C) groups is 1. The molecule has 0 spiro atoms. The Morgan fingerprint density at radius 2 is 1.11 bits per heavy atom. The first-order valence-corrected chi connectivity index (χ1v) is 28.7. The largest absolute Gasteiger partial charge is 0.370 e. The molecule has 4 aromatic rings. The number of nitrogens with zero attached hydrogens (tertiary/aromatic N) is 1. The molecule has 1 fully saturated rings. The summed E-state index contributed by atoms with van der Waals surface area (Å²) in [7, 11) is 5.11. The Balaban J connectivity index is 1.58. The minimum absolute atomic E-state index is 0.0133. The summed E-state index contributed by atoms with van der Waals surface area (Å²) in [6.07, 6.45) is 2.38. The number of benzene rings is 4. The monoisotopic (exact) mass is 1140 g/mol. The Morgan fingerprint density at radius 3 is 1.73 bits per heavy atom. The zero-order chi connectivity index (χ0) is 60.1. The molecule has 8 amide bonds. The van der Waals surface area contributed by atoms with Gasteiger partial charge < -0.3 is 64.2 Å². The summed E-state index contributed by atoms with van der Waals surface area (Å²) < 4.78 is 0. The van der Waals surface area contributed by atoms with Crippen molar-refractivity contribution in [3.8, 4) is 0 Å². The Morgan fingerprint density at radius 1 is 0.578 bits per heavy atom. The zero-order valence-corrected chi connectivity index (χ0v) is 48.5. The molecule has 0 unspecified atom stereocenters. The fourth-order valence-corrected chi connectivity index (χ4v) is 9.56. The summed E-state index contributed by atoms with van der Waals surface area (Å²) in [5.74, 6) is -6.06. The first kappa shape index (κ1) is 65.6. The number of nitrogens with two attached hydrogens (primary N) is 1. The third kappa shape index (κ3) is 22.9. The van der Waals surface area contributed by atoms with Crippen LogP contribution in [0.4, 0.5) is 0 Å². The third-order valence-corrected chi connectivity index (χ3v) is 14.4. The normalized spacial score (nSPS) is 20.5. The molecule has 7 atom stereocenters. The highest BCUT2D eigenvalue weighted by molar-refractivity contribution is 5.98. The number of hydrogen-bond donors (Lipinski definition) is 12. The van der Waals surface area contributed by atoms with Crippen LogP contribution in [0.2, 0.25) is 0 Å². The predicted molar refractivity (Wildman–Crippen MR) is 319 cm³/mol. The summed E-state index contributed by atoms with van der Waals surface area (Å²) in [4.78, 5) is 133. The van der Waals surface area contributed by atoms with E-state index >= 15 is 0 Å². The molecule has 0 radical (unpaired) electrons. The molecule has 0 bridgehead atoms. The average molecular weight is 1140 g/mol. The Kier molecular flexibility index (Phi) is 27.6. The van der Waals surface area contributed by atoms with Gasteiger partial charge in [-0.3, -0.25) is 48.1 Å². The Labute approximate surface area is 486 Å². The van der Waals surface area contributed by atoms with Crippen LogP contribution in [-0.4, -0.2) is 149 Å². The second kappa shape index (κ2) is 34.9. The minimum Gasteiger partial charge on any atom is -0.370 e. The maximum absolute atomic E-state index is 14.8. The molecule has 13 N–H and O–H groups in total. The smallest absolute Gasteiger partial charge is 0.243 e. The van der Waals surface area contributed by atoms with E-state index in [4.69, 9.17) is 5.73 Å². The van der Waals surface area contributed by atoms with E-state index in [1.54, 1.807) is 44.4 Å². The summed E-state index contributed by atoms with van der Waals surface area (Å²) in [6, 6.07) is 20.8. The highest BCUT2D eigenvalue weighted by Gasteiger charge is 2.34. The topological polar surface area (TPSA) is 324 Å². The lowest BCUT2D eigenvalue weighted by molar-refractivity contribution is -0.135. The van der Waals surface area contributed by atoms with Crippen molar-refractivity contribution < 1.29 is 43.2 Å². The van der Waals surface area contributed by atoms with Crippen LogP contribution in [-0.2, 0) is 62.4 Å². The number of Topliss-reactive ketones (excluding diaryl/α,β-unsaturated/α-hetero) is 1. The van der Waals surface area contributed by atoms with Crippen molar-refractivity contribution in [2.45, 2.75) is 140 Å². The number of rotatable bonds is 23. The first-order valence-electron chi connectivity index (χ1n) is 28.7. The Hall–Kier alpha value is -8.24. The number of amides is 8. The van der Waals surface area contributed by atoms with Crippen molar-refractivity contribution in [2.75, 3.05) is 47.3 Å². The lowest BCUT2D eigenvalue weighted by atomic mass is 10.00. The summed E-state index contributed by atoms with van der Waals surface area (Å²) in [5.41, 5.74) is 8.90. The van der Waals surface area contributed by atoms with Crippen molar-refractivity contribution in [1.82, 2.24) is 58.5 Å². The van der Waals surface area contributed by atoms with Gasteiger partial charge in [-0.2, -0.15) is 0 Å². The van der Waals surface area contributed by atoms with E-state index in [2.05, 4.69) is 63.5 Å². The molecule has 1 aliphatic rings. The number of hydrogen-bond acceptors (Lipinski definition) is 12. The molecule has 0 saturated carbocycles. The van der Waals surface area contributed by atoms with Gasteiger partial charge in [0.1, 0.15) is 36.3 Å². The van der Waals surface area contributed by atoms with Crippen molar-refractivity contribution in [3.05, 3.63) is 119 Å². The van der Waals surface area contributed by atoms with Gasteiger partial charge in [0.25, 0.3) is 0 Å². The van der Waals surface area contributed by atoms with Gasteiger partial charge in [-0.25, -0.2) is 0 Å². The fraction of sp³-hybridized carbons (Fsp3) is 0.475. The maximum Gasteiger partial charge on any atom is 0.243 e. The van der Waals surface area contributed by atoms with Crippen molar-refractivity contribution >= 4 is 69.8 Å².